The van der Waals surface area contributed by atoms with E-state index in [1.165, 1.54) is 17.9 Å². The number of cyclic esters (lactones) is 1. The third-order valence-corrected chi connectivity index (χ3v) is 5.43. The van der Waals surface area contributed by atoms with Gasteiger partial charge in [0.25, 0.3) is 0 Å². The molecule has 1 aromatic carbocycles. The summed E-state index contributed by atoms with van der Waals surface area (Å²) in [6.07, 6.45) is 0.641. The van der Waals surface area contributed by atoms with Gasteiger partial charge in [-0.25, -0.2) is 13.6 Å². The van der Waals surface area contributed by atoms with Crippen molar-refractivity contribution < 1.29 is 18.7 Å². The van der Waals surface area contributed by atoms with Crippen molar-refractivity contribution >= 4 is 39.9 Å². The second-order valence-electron chi connectivity index (χ2n) is 5.35. The van der Waals surface area contributed by atoms with Crippen molar-refractivity contribution in [2.24, 2.45) is 5.10 Å². The second kappa shape index (κ2) is 6.60. The standard InChI is InChI=1S/C15H17FN4O3S/c1-10(21)17-8-12-9-20(15(22)23-12)11-3-4-14(13(16)7-11)24-6-5-18-19(24)2/h3-7,12H,8-9H2,1-2H3,(H,17,21)/t12-,24?/m0/s1. The minimum atomic E-state index is -0.552. The summed E-state index contributed by atoms with van der Waals surface area (Å²) in [7, 11) is 1.23. The Balaban J connectivity index is 1.75. The fourth-order valence-corrected chi connectivity index (χ4v) is 3.86. The fourth-order valence-electron chi connectivity index (χ4n) is 2.46. The average Bonchev–Trinajstić information content (AvgIpc) is 3.11. The smallest absolute Gasteiger partial charge is 0.414 e. The number of rotatable bonds is 4. The number of hydrogen-bond acceptors (Lipinski definition) is 5. The van der Waals surface area contributed by atoms with Crippen molar-refractivity contribution in [3.05, 3.63) is 24.0 Å². The molecule has 24 heavy (non-hydrogen) atoms. The Labute approximate surface area is 141 Å². The highest BCUT2D eigenvalue weighted by molar-refractivity contribution is 8.14. The highest BCUT2D eigenvalue weighted by atomic mass is 32.2. The summed E-state index contributed by atoms with van der Waals surface area (Å²) < 4.78 is 21.3. The van der Waals surface area contributed by atoms with Crippen LogP contribution >= 0.6 is 10.7 Å². The summed E-state index contributed by atoms with van der Waals surface area (Å²) >= 11 is 0. The van der Waals surface area contributed by atoms with Gasteiger partial charge in [0.15, 0.2) is 0 Å². The van der Waals surface area contributed by atoms with E-state index in [0.717, 1.165) is 0 Å². The molecule has 0 bridgehead atoms. The van der Waals surface area contributed by atoms with E-state index in [-0.39, 0.29) is 19.0 Å². The van der Waals surface area contributed by atoms with Gasteiger partial charge < -0.3 is 10.1 Å². The van der Waals surface area contributed by atoms with Gasteiger partial charge in [0, 0.05) is 19.3 Å². The van der Waals surface area contributed by atoms with Gasteiger partial charge in [-0.3, -0.25) is 9.69 Å². The summed E-state index contributed by atoms with van der Waals surface area (Å²) in [5.41, 5.74) is 0.429. The molecule has 0 aliphatic carbocycles. The Morgan fingerprint density at radius 3 is 2.96 bits per heavy atom. The lowest BCUT2D eigenvalue weighted by Crippen LogP contribution is -2.33. The Bertz CT molecular complexity index is 752. The first-order valence-electron chi connectivity index (χ1n) is 7.32. The maximum Gasteiger partial charge on any atom is 0.414 e. The van der Waals surface area contributed by atoms with Crippen LogP contribution in [0.1, 0.15) is 6.92 Å². The lowest BCUT2D eigenvalue weighted by Gasteiger charge is -2.17. The molecule has 1 aromatic rings. The Morgan fingerprint density at radius 1 is 1.54 bits per heavy atom. The summed E-state index contributed by atoms with van der Waals surface area (Å²) in [6.45, 7) is 1.89. The molecule has 2 atom stereocenters. The van der Waals surface area contributed by atoms with Crippen LogP contribution < -0.4 is 10.2 Å². The predicted octanol–water partition coefficient (Wildman–Crippen LogP) is 1.56. The van der Waals surface area contributed by atoms with E-state index in [1.807, 2.05) is 5.37 Å². The van der Waals surface area contributed by atoms with Crippen LogP contribution in [0.3, 0.4) is 0 Å². The number of hydrogen-bond donors (Lipinski definition) is 1. The predicted molar refractivity (Wildman–Crippen MR) is 90.9 cm³/mol. The number of amides is 2. The molecule has 2 aliphatic heterocycles. The number of benzene rings is 1. The van der Waals surface area contributed by atoms with Crippen LogP contribution in [0.2, 0.25) is 0 Å². The number of nitrogens with zero attached hydrogens (tertiary/aromatic N) is 3. The number of hydrazone groups is 1. The van der Waals surface area contributed by atoms with Gasteiger partial charge in [-0.05, 0) is 28.9 Å². The molecule has 0 aromatic heterocycles. The number of nitrogens with one attached hydrogen (secondary N) is 1. The second-order valence-corrected chi connectivity index (χ2v) is 7.22. The van der Waals surface area contributed by atoms with Gasteiger partial charge >= 0.3 is 6.09 Å². The molecule has 1 unspecified atom stereocenters. The summed E-state index contributed by atoms with van der Waals surface area (Å²) in [5, 5.41) is 8.50. The summed E-state index contributed by atoms with van der Waals surface area (Å²) in [5.74, 6) is -0.595. The molecule has 0 radical (unpaired) electrons. The average molecular weight is 352 g/mol. The Hall–Kier alpha value is -2.42. The molecule has 128 valence electrons. The molecule has 2 aliphatic rings. The third-order valence-electron chi connectivity index (χ3n) is 3.61. The van der Waals surface area contributed by atoms with Gasteiger partial charge in [0.1, 0.15) is 11.9 Å². The topological polar surface area (TPSA) is 74.2 Å². The molecule has 0 saturated carbocycles. The van der Waals surface area contributed by atoms with Crippen LogP contribution in [0.4, 0.5) is 14.9 Å². The zero-order valence-corrected chi connectivity index (χ0v) is 14.0. The third kappa shape index (κ3) is 3.25. The lowest BCUT2D eigenvalue weighted by molar-refractivity contribution is -0.119. The summed E-state index contributed by atoms with van der Waals surface area (Å²) in [4.78, 5) is 24.8. The van der Waals surface area contributed by atoms with Gasteiger partial charge in [-0.15, -0.1) is 0 Å². The van der Waals surface area contributed by atoms with Gasteiger partial charge in [-0.2, -0.15) is 5.10 Å². The maximum atomic E-state index is 14.5. The quantitative estimate of drug-likeness (QED) is 0.835. The van der Waals surface area contributed by atoms with Crippen LogP contribution in [0.25, 0.3) is 0 Å². The van der Waals surface area contributed by atoms with Crippen molar-refractivity contribution in [3.8, 4) is 0 Å². The lowest BCUT2D eigenvalue weighted by atomic mass is 10.2. The van der Waals surface area contributed by atoms with E-state index >= 15 is 0 Å². The number of carbonyl (C=O) groups excluding carboxylic acids is 2. The number of halogens is 1. The van der Waals surface area contributed by atoms with E-state index in [1.54, 1.807) is 29.8 Å². The van der Waals surface area contributed by atoms with Crippen molar-refractivity contribution in [2.45, 2.75) is 17.9 Å². The molecule has 2 amide bonds. The molecular weight excluding hydrogens is 335 g/mol. The van der Waals surface area contributed by atoms with Crippen LogP contribution in [0.15, 0.2) is 28.2 Å². The van der Waals surface area contributed by atoms with Crippen molar-refractivity contribution in [3.63, 3.8) is 0 Å². The Kier molecular flexibility index (Phi) is 4.52. The van der Waals surface area contributed by atoms with Gasteiger partial charge in [-0.1, -0.05) is 0 Å². The van der Waals surface area contributed by atoms with Crippen LogP contribution in [0.5, 0.6) is 0 Å². The maximum absolute atomic E-state index is 14.5. The highest BCUT2D eigenvalue weighted by Crippen LogP contribution is 2.35. The van der Waals surface area contributed by atoms with E-state index in [9.17, 15) is 14.0 Å². The van der Waals surface area contributed by atoms with E-state index in [4.69, 9.17) is 4.74 Å². The van der Waals surface area contributed by atoms with E-state index in [2.05, 4.69) is 10.4 Å². The normalized spacial score (nSPS) is 22.5. The zero-order valence-electron chi connectivity index (χ0n) is 13.2. The highest BCUT2D eigenvalue weighted by Gasteiger charge is 2.32. The minimum Gasteiger partial charge on any atom is -0.442 e. The zero-order chi connectivity index (χ0) is 17.3. The van der Waals surface area contributed by atoms with Gasteiger partial charge in [0.05, 0.1) is 29.9 Å². The first-order valence-corrected chi connectivity index (χ1v) is 8.56. The van der Waals surface area contributed by atoms with Crippen LogP contribution in [0, 0.1) is 5.82 Å². The van der Waals surface area contributed by atoms with E-state index < -0.39 is 28.7 Å². The summed E-state index contributed by atoms with van der Waals surface area (Å²) in [6, 6.07) is 4.67. The molecule has 7 nitrogen and oxygen atoms in total. The molecule has 0 spiro atoms. The van der Waals surface area contributed by atoms with Crippen molar-refractivity contribution in [2.75, 3.05) is 25.0 Å². The molecule has 1 N–H and O–H groups in total. The molecule has 2 heterocycles. The largest absolute Gasteiger partial charge is 0.442 e. The molecule has 1 saturated heterocycles. The van der Waals surface area contributed by atoms with Gasteiger partial charge in [0.2, 0.25) is 5.91 Å². The molecule has 9 heteroatoms. The van der Waals surface area contributed by atoms with E-state index in [0.29, 0.717) is 10.6 Å². The number of ether oxygens (including phenoxy) is 1. The fraction of sp³-hybridized carbons (Fsp3) is 0.333. The Morgan fingerprint density at radius 2 is 2.33 bits per heavy atom. The number of anilines is 1. The molecule has 1 fully saturated rings. The van der Waals surface area contributed by atoms with Crippen molar-refractivity contribution in [1.82, 2.24) is 9.73 Å². The minimum absolute atomic E-state index is 0.194. The van der Waals surface area contributed by atoms with Crippen LogP contribution in [-0.4, -0.2) is 54.2 Å². The monoisotopic (exact) mass is 352 g/mol. The first kappa shape index (κ1) is 16.4. The number of carbonyl (C=O) groups is 2. The van der Waals surface area contributed by atoms with Crippen molar-refractivity contribution in [1.29, 1.82) is 0 Å². The molecular formula is C15H17FN4O3S. The first-order chi connectivity index (χ1) is 11.5. The van der Waals surface area contributed by atoms with Crippen LogP contribution in [-0.2, 0) is 9.53 Å². The SMILES string of the molecule is CC(=O)NC[C@H]1CN(c2ccc(S3=CC=NN3C)c(F)c2)C(=O)O1. The molecule has 3 rings (SSSR count).